The number of benzene rings is 1. The van der Waals surface area contributed by atoms with E-state index in [9.17, 15) is 9.50 Å². The maximum Gasteiger partial charge on any atom is 0.151 e. The second-order valence-corrected chi connectivity index (χ2v) is 8.21. The van der Waals surface area contributed by atoms with Crippen molar-refractivity contribution < 1.29 is 9.50 Å². The van der Waals surface area contributed by atoms with Crippen molar-refractivity contribution in [2.24, 2.45) is 5.92 Å². The molecular formula is C21H23FN6O. The van der Waals surface area contributed by atoms with Crippen molar-refractivity contribution >= 4 is 5.82 Å². The van der Waals surface area contributed by atoms with Crippen LogP contribution in [0.25, 0.3) is 16.9 Å². The molecule has 7 nitrogen and oxygen atoms in total. The molecule has 1 unspecified atom stereocenters. The van der Waals surface area contributed by atoms with Gasteiger partial charge in [0.2, 0.25) is 0 Å². The van der Waals surface area contributed by atoms with Crippen molar-refractivity contribution in [2.75, 3.05) is 18.5 Å². The van der Waals surface area contributed by atoms with Crippen LogP contribution < -0.4 is 10.2 Å². The first-order valence-electron chi connectivity index (χ1n) is 9.74. The first-order valence-corrected chi connectivity index (χ1v) is 9.74. The van der Waals surface area contributed by atoms with Crippen molar-refractivity contribution in [3.8, 4) is 22.7 Å². The predicted octanol–water partition coefficient (Wildman–Crippen LogP) is 2.56. The number of fused-ring (bicyclic) bond motifs is 2. The van der Waals surface area contributed by atoms with Gasteiger partial charge in [-0.05, 0) is 43.5 Å². The molecule has 1 aromatic carbocycles. The van der Waals surface area contributed by atoms with E-state index in [1.807, 2.05) is 47.8 Å². The SMILES string of the molecule is CN(c1ccc(-c2ccc(-n3ccnc3)cc2O)nn1)[C@H]1C2CN[C@@](C)(C2)[C@H]1F. The summed E-state index contributed by atoms with van der Waals surface area (Å²) in [5, 5.41) is 22.4. The monoisotopic (exact) mass is 394 g/mol. The molecule has 0 radical (unpaired) electrons. The van der Waals surface area contributed by atoms with E-state index in [4.69, 9.17) is 0 Å². The third kappa shape index (κ3) is 2.86. The molecule has 3 heterocycles. The van der Waals surface area contributed by atoms with Gasteiger partial charge in [0.15, 0.2) is 5.82 Å². The molecule has 2 N–H and O–H groups in total. The summed E-state index contributed by atoms with van der Waals surface area (Å²) in [7, 11) is 1.88. The van der Waals surface area contributed by atoms with Gasteiger partial charge in [0.05, 0.1) is 23.8 Å². The van der Waals surface area contributed by atoms with E-state index < -0.39 is 11.7 Å². The average Bonchev–Trinajstić information content (AvgIpc) is 3.43. The third-order valence-corrected chi connectivity index (χ3v) is 6.36. The van der Waals surface area contributed by atoms with Crippen LogP contribution >= 0.6 is 0 Å². The van der Waals surface area contributed by atoms with Crippen LogP contribution in [0.5, 0.6) is 5.75 Å². The van der Waals surface area contributed by atoms with Crippen LogP contribution in [0, 0.1) is 5.92 Å². The van der Waals surface area contributed by atoms with Crippen LogP contribution in [0.15, 0.2) is 49.1 Å². The number of aromatic nitrogens is 4. The molecule has 2 aromatic heterocycles. The summed E-state index contributed by atoms with van der Waals surface area (Å²) in [5.74, 6) is 1.01. The number of aromatic hydroxyl groups is 1. The Balaban J connectivity index is 1.38. The number of hydrogen-bond donors (Lipinski definition) is 2. The minimum atomic E-state index is -0.951. The molecule has 3 aromatic rings. The molecule has 2 bridgehead atoms. The zero-order valence-corrected chi connectivity index (χ0v) is 16.3. The minimum absolute atomic E-state index is 0.113. The molecule has 0 amide bonds. The smallest absolute Gasteiger partial charge is 0.151 e. The molecule has 5 rings (SSSR count). The van der Waals surface area contributed by atoms with E-state index in [-0.39, 0.29) is 17.7 Å². The summed E-state index contributed by atoms with van der Waals surface area (Å²) >= 11 is 0. The summed E-state index contributed by atoms with van der Waals surface area (Å²) < 4.78 is 16.8. The Bertz CT molecular complexity index is 1020. The van der Waals surface area contributed by atoms with Crippen LogP contribution in [0.1, 0.15) is 13.3 Å². The van der Waals surface area contributed by atoms with Crippen LogP contribution in [0.4, 0.5) is 10.2 Å². The fourth-order valence-corrected chi connectivity index (χ4v) is 4.75. The average molecular weight is 394 g/mol. The first kappa shape index (κ1) is 18.1. The molecule has 1 aliphatic heterocycles. The van der Waals surface area contributed by atoms with Crippen molar-refractivity contribution in [1.29, 1.82) is 0 Å². The standard InChI is InChI=1S/C21H23FN6O/c1-21-10-13(11-24-21)19(20(21)22)27(2)18-6-5-16(25-26-18)15-4-3-14(9-17(15)29)28-8-7-23-12-28/h3-9,12-13,19-20,24,29H,10-11H2,1-2H3/t13?,19-,20-,21-/m0/s1. The summed E-state index contributed by atoms with van der Waals surface area (Å²) in [6.07, 6.45) is 5.05. The highest BCUT2D eigenvalue weighted by Crippen LogP contribution is 2.44. The van der Waals surface area contributed by atoms with Gasteiger partial charge in [-0.3, -0.25) is 0 Å². The molecule has 2 fully saturated rings. The summed E-state index contributed by atoms with van der Waals surface area (Å²) in [6.45, 7) is 2.78. The molecule has 1 aliphatic carbocycles. The zero-order valence-electron chi connectivity index (χ0n) is 16.3. The van der Waals surface area contributed by atoms with E-state index in [0.29, 0.717) is 17.1 Å². The number of imidazole rings is 1. The lowest BCUT2D eigenvalue weighted by Gasteiger charge is -2.37. The van der Waals surface area contributed by atoms with Crippen LogP contribution in [0.2, 0.25) is 0 Å². The van der Waals surface area contributed by atoms with Crippen molar-refractivity contribution in [1.82, 2.24) is 25.1 Å². The lowest BCUT2D eigenvalue weighted by atomic mass is 9.96. The number of anilines is 1. The highest BCUT2D eigenvalue weighted by Gasteiger charge is 2.57. The molecule has 0 spiro atoms. The molecule has 4 atom stereocenters. The second-order valence-electron chi connectivity index (χ2n) is 8.21. The quantitative estimate of drug-likeness (QED) is 0.708. The number of hydrogen-bond acceptors (Lipinski definition) is 6. The number of rotatable bonds is 4. The van der Waals surface area contributed by atoms with E-state index in [0.717, 1.165) is 18.7 Å². The number of nitrogens with one attached hydrogen (secondary N) is 1. The summed E-state index contributed by atoms with van der Waals surface area (Å²) in [6, 6.07) is 8.79. The Morgan fingerprint density at radius 2 is 2.14 bits per heavy atom. The molecule has 1 saturated heterocycles. The van der Waals surface area contributed by atoms with Gasteiger partial charge in [0, 0.05) is 43.2 Å². The summed E-state index contributed by atoms with van der Waals surface area (Å²) in [4.78, 5) is 5.92. The lowest BCUT2D eigenvalue weighted by Crippen LogP contribution is -2.56. The van der Waals surface area contributed by atoms with E-state index >= 15 is 0 Å². The Morgan fingerprint density at radius 1 is 1.28 bits per heavy atom. The van der Waals surface area contributed by atoms with Gasteiger partial charge in [-0.2, -0.15) is 0 Å². The second kappa shape index (κ2) is 6.52. The Kier molecular flexibility index (Phi) is 4.06. The van der Waals surface area contributed by atoms with Crippen molar-refractivity contribution in [3.63, 3.8) is 0 Å². The Morgan fingerprint density at radius 3 is 2.76 bits per heavy atom. The predicted molar refractivity (Wildman–Crippen MR) is 108 cm³/mol. The van der Waals surface area contributed by atoms with E-state index in [1.165, 1.54) is 0 Å². The van der Waals surface area contributed by atoms with E-state index in [1.54, 1.807) is 24.7 Å². The fraction of sp³-hybridized carbons (Fsp3) is 0.381. The number of phenolic OH excluding ortho intramolecular Hbond substituents is 1. The van der Waals surface area contributed by atoms with Crippen LogP contribution in [0.3, 0.4) is 0 Å². The maximum atomic E-state index is 15.0. The zero-order chi connectivity index (χ0) is 20.2. The van der Waals surface area contributed by atoms with E-state index in [2.05, 4.69) is 20.5 Å². The van der Waals surface area contributed by atoms with Gasteiger partial charge in [-0.1, -0.05) is 0 Å². The van der Waals surface area contributed by atoms with Gasteiger partial charge in [-0.25, -0.2) is 9.37 Å². The van der Waals surface area contributed by atoms with Crippen LogP contribution in [-0.2, 0) is 0 Å². The lowest BCUT2D eigenvalue weighted by molar-refractivity contribution is 0.163. The fourth-order valence-electron chi connectivity index (χ4n) is 4.75. The van der Waals surface area contributed by atoms with Gasteiger partial charge in [0.1, 0.15) is 11.9 Å². The Hall–Kier alpha value is -3.00. The number of phenols is 1. The maximum absolute atomic E-state index is 15.0. The molecule has 29 heavy (non-hydrogen) atoms. The van der Waals surface area contributed by atoms with Gasteiger partial charge < -0.3 is 19.9 Å². The molecule has 150 valence electrons. The highest BCUT2D eigenvalue weighted by molar-refractivity contribution is 5.69. The highest BCUT2D eigenvalue weighted by atomic mass is 19.1. The largest absolute Gasteiger partial charge is 0.507 e. The molecular weight excluding hydrogens is 371 g/mol. The topological polar surface area (TPSA) is 79.1 Å². The van der Waals surface area contributed by atoms with Gasteiger partial charge in [-0.15, -0.1) is 10.2 Å². The molecule has 8 heteroatoms. The Labute approximate surface area is 168 Å². The third-order valence-electron chi connectivity index (χ3n) is 6.36. The first-order chi connectivity index (χ1) is 14.0. The number of halogens is 1. The summed E-state index contributed by atoms with van der Waals surface area (Å²) in [5.41, 5.74) is 1.52. The normalized spacial score (nSPS) is 28.0. The number of alkyl halides is 1. The van der Waals surface area contributed by atoms with Gasteiger partial charge in [0.25, 0.3) is 0 Å². The van der Waals surface area contributed by atoms with Crippen molar-refractivity contribution in [2.45, 2.75) is 31.1 Å². The van der Waals surface area contributed by atoms with Gasteiger partial charge >= 0.3 is 0 Å². The van der Waals surface area contributed by atoms with Crippen LogP contribution in [-0.4, -0.2) is 56.2 Å². The van der Waals surface area contributed by atoms with Crippen molar-refractivity contribution in [3.05, 3.63) is 49.1 Å². The number of piperidine rings is 1. The number of nitrogens with zero attached hydrogens (tertiary/aromatic N) is 5. The molecule has 2 aliphatic rings. The minimum Gasteiger partial charge on any atom is -0.507 e. The molecule has 1 saturated carbocycles.